The second-order valence-corrected chi connectivity index (χ2v) is 9.57. The van der Waals surface area contributed by atoms with Gasteiger partial charge >= 0.3 is 5.97 Å². The topological polar surface area (TPSA) is 92.0 Å². The highest BCUT2D eigenvalue weighted by molar-refractivity contribution is 6.11. The van der Waals surface area contributed by atoms with E-state index in [0.717, 1.165) is 35.0 Å². The standard InChI is InChI=1S/C30H29FN2O5/c1-32-30(36)28-24-16-23(18-5-6-18)25(33(2)15-3-4-27(34)35)17-26(24)38-29(28)19-7-11-21(12-8-19)37-22-13-9-20(31)10-14-22/h7-14,16-18H,3-6,15H2,1-2H3,(H,32,36)(H,34,35). The van der Waals surface area contributed by atoms with Gasteiger partial charge in [-0.3, -0.25) is 9.59 Å². The molecule has 196 valence electrons. The highest BCUT2D eigenvalue weighted by atomic mass is 19.1. The van der Waals surface area contributed by atoms with E-state index in [4.69, 9.17) is 14.3 Å². The van der Waals surface area contributed by atoms with Crippen LogP contribution < -0.4 is 15.0 Å². The van der Waals surface area contributed by atoms with Gasteiger partial charge in [-0.15, -0.1) is 0 Å². The van der Waals surface area contributed by atoms with Crippen LogP contribution in [0.3, 0.4) is 0 Å². The summed E-state index contributed by atoms with van der Waals surface area (Å²) in [5, 5.41) is 12.5. The molecule has 7 nitrogen and oxygen atoms in total. The number of fused-ring (bicyclic) bond motifs is 1. The Morgan fingerprint density at radius 2 is 1.74 bits per heavy atom. The van der Waals surface area contributed by atoms with E-state index < -0.39 is 5.97 Å². The number of carbonyl (C=O) groups excluding carboxylic acids is 1. The van der Waals surface area contributed by atoms with Crippen LogP contribution in [-0.4, -0.2) is 37.6 Å². The Morgan fingerprint density at radius 3 is 2.34 bits per heavy atom. The molecule has 0 atom stereocenters. The second-order valence-electron chi connectivity index (χ2n) is 9.57. The number of carboxylic acid groups (broad SMARTS) is 1. The summed E-state index contributed by atoms with van der Waals surface area (Å²) in [6.07, 6.45) is 2.80. The second kappa shape index (κ2) is 10.6. The van der Waals surface area contributed by atoms with Gasteiger partial charge in [0, 0.05) is 49.8 Å². The number of carboxylic acids is 1. The molecule has 0 aliphatic heterocycles. The van der Waals surface area contributed by atoms with Gasteiger partial charge in [-0.2, -0.15) is 0 Å². The van der Waals surface area contributed by atoms with Crippen LogP contribution in [0, 0.1) is 5.82 Å². The number of hydrogen-bond donors (Lipinski definition) is 2. The molecule has 1 aromatic heterocycles. The Hall–Kier alpha value is -4.33. The third kappa shape index (κ3) is 5.34. The van der Waals surface area contributed by atoms with E-state index >= 15 is 0 Å². The van der Waals surface area contributed by atoms with E-state index in [1.807, 2.05) is 25.2 Å². The molecule has 4 aromatic rings. The lowest BCUT2D eigenvalue weighted by Crippen LogP contribution is -2.21. The highest BCUT2D eigenvalue weighted by Crippen LogP contribution is 2.47. The van der Waals surface area contributed by atoms with E-state index in [2.05, 4.69) is 16.3 Å². The first-order valence-electron chi connectivity index (χ1n) is 12.6. The monoisotopic (exact) mass is 516 g/mol. The third-order valence-electron chi connectivity index (χ3n) is 6.77. The first-order chi connectivity index (χ1) is 18.3. The number of halogens is 1. The van der Waals surface area contributed by atoms with Crippen molar-refractivity contribution in [1.82, 2.24) is 5.32 Å². The van der Waals surface area contributed by atoms with Crippen molar-refractivity contribution >= 4 is 28.5 Å². The fraction of sp³-hybridized carbons (Fsp3) is 0.267. The van der Waals surface area contributed by atoms with Crippen molar-refractivity contribution in [3.8, 4) is 22.8 Å². The Morgan fingerprint density at radius 1 is 1.08 bits per heavy atom. The maximum atomic E-state index is 13.2. The number of hydrogen-bond acceptors (Lipinski definition) is 5. The van der Waals surface area contributed by atoms with E-state index in [1.54, 1.807) is 31.3 Å². The number of anilines is 1. The lowest BCUT2D eigenvalue weighted by molar-refractivity contribution is -0.137. The molecule has 1 aliphatic rings. The molecule has 1 fully saturated rings. The van der Waals surface area contributed by atoms with Crippen molar-refractivity contribution < 1.29 is 28.2 Å². The Bertz CT molecular complexity index is 1470. The number of furan rings is 1. The van der Waals surface area contributed by atoms with Crippen molar-refractivity contribution in [2.24, 2.45) is 0 Å². The molecule has 2 N–H and O–H groups in total. The van der Waals surface area contributed by atoms with Gasteiger partial charge in [0.1, 0.15) is 28.7 Å². The van der Waals surface area contributed by atoms with E-state index in [0.29, 0.717) is 47.3 Å². The smallest absolute Gasteiger partial charge is 0.303 e. The zero-order valence-corrected chi connectivity index (χ0v) is 21.3. The summed E-state index contributed by atoms with van der Waals surface area (Å²) in [6.45, 7) is 0.600. The minimum absolute atomic E-state index is 0.109. The summed E-state index contributed by atoms with van der Waals surface area (Å²) in [5.41, 5.74) is 3.93. The van der Waals surface area contributed by atoms with Crippen LogP contribution in [0.2, 0.25) is 0 Å². The molecule has 1 aliphatic carbocycles. The molecule has 3 aromatic carbocycles. The number of nitrogens with zero attached hydrogens (tertiary/aromatic N) is 1. The van der Waals surface area contributed by atoms with Gasteiger partial charge in [-0.1, -0.05) is 0 Å². The summed E-state index contributed by atoms with van der Waals surface area (Å²) in [7, 11) is 3.55. The van der Waals surface area contributed by atoms with Crippen LogP contribution in [0.25, 0.3) is 22.3 Å². The van der Waals surface area contributed by atoms with Gasteiger partial charge in [0.15, 0.2) is 0 Å². The van der Waals surface area contributed by atoms with Gasteiger partial charge in [0.2, 0.25) is 0 Å². The normalized spacial score (nSPS) is 12.9. The number of nitrogens with one attached hydrogen (secondary N) is 1. The van der Waals surface area contributed by atoms with Gasteiger partial charge in [0.25, 0.3) is 5.91 Å². The van der Waals surface area contributed by atoms with Crippen LogP contribution in [0.5, 0.6) is 11.5 Å². The van der Waals surface area contributed by atoms with Crippen molar-refractivity contribution in [1.29, 1.82) is 0 Å². The quantitative estimate of drug-likeness (QED) is 0.248. The molecule has 0 unspecified atom stereocenters. The fourth-order valence-corrected chi connectivity index (χ4v) is 4.66. The predicted octanol–water partition coefficient (Wildman–Crippen LogP) is 6.57. The van der Waals surface area contributed by atoms with Gasteiger partial charge < -0.3 is 24.5 Å². The van der Waals surface area contributed by atoms with Crippen LogP contribution in [0.15, 0.2) is 65.1 Å². The number of rotatable bonds is 10. The van der Waals surface area contributed by atoms with Crippen LogP contribution in [0.1, 0.15) is 47.5 Å². The van der Waals surface area contributed by atoms with Crippen LogP contribution in [-0.2, 0) is 4.79 Å². The van der Waals surface area contributed by atoms with E-state index in [9.17, 15) is 14.0 Å². The van der Waals surface area contributed by atoms with Crippen molar-refractivity contribution in [3.05, 3.63) is 77.6 Å². The minimum Gasteiger partial charge on any atom is -0.481 e. The van der Waals surface area contributed by atoms with Crippen molar-refractivity contribution in [2.45, 2.75) is 31.6 Å². The number of amides is 1. The molecule has 1 saturated carbocycles. The summed E-state index contributed by atoms with van der Waals surface area (Å²) >= 11 is 0. The Labute approximate surface area is 219 Å². The zero-order chi connectivity index (χ0) is 26.8. The molecule has 0 radical (unpaired) electrons. The van der Waals surface area contributed by atoms with Crippen molar-refractivity contribution in [3.63, 3.8) is 0 Å². The molecule has 38 heavy (non-hydrogen) atoms. The SMILES string of the molecule is CNC(=O)c1c(-c2ccc(Oc3ccc(F)cc3)cc2)oc2cc(N(C)CCCC(=O)O)c(C3CC3)cc12. The third-order valence-corrected chi connectivity index (χ3v) is 6.77. The molecular formula is C30H29FN2O5. The first kappa shape index (κ1) is 25.3. The molecule has 5 rings (SSSR count). The lowest BCUT2D eigenvalue weighted by Gasteiger charge is -2.22. The number of ether oxygens (including phenoxy) is 1. The number of benzene rings is 3. The highest BCUT2D eigenvalue weighted by Gasteiger charge is 2.30. The lowest BCUT2D eigenvalue weighted by atomic mass is 10.00. The predicted molar refractivity (Wildman–Crippen MR) is 144 cm³/mol. The fourth-order valence-electron chi connectivity index (χ4n) is 4.66. The molecular weight excluding hydrogens is 487 g/mol. The van der Waals surface area contributed by atoms with Crippen LogP contribution in [0.4, 0.5) is 10.1 Å². The van der Waals surface area contributed by atoms with Crippen molar-refractivity contribution in [2.75, 3.05) is 25.5 Å². The molecule has 0 spiro atoms. The maximum Gasteiger partial charge on any atom is 0.303 e. The summed E-state index contributed by atoms with van der Waals surface area (Å²) in [4.78, 5) is 26.1. The molecule has 8 heteroatoms. The number of carbonyl (C=O) groups is 2. The van der Waals surface area contributed by atoms with E-state index in [1.165, 1.54) is 12.1 Å². The van der Waals surface area contributed by atoms with Gasteiger partial charge in [-0.25, -0.2) is 4.39 Å². The molecule has 1 amide bonds. The maximum absolute atomic E-state index is 13.2. The summed E-state index contributed by atoms with van der Waals surface area (Å²) in [5.74, 6) is 0.570. The average molecular weight is 517 g/mol. The Kier molecular flexibility index (Phi) is 7.05. The molecule has 0 bridgehead atoms. The van der Waals surface area contributed by atoms with E-state index in [-0.39, 0.29) is 18.1 Å². The van der Waals surface area contributed by atoms with Crippen LogP contribution >= 0.6 is 0 Å². The summed E-state index contributed by atoms with van der Waals surface area (Å²) in [6, 6.07) is 17.0. The minimum atomic E-state index is -0.809. The summed E-state index contributed by atoms with van der Waals surface area (Å²) < 4.78 is 25.3. The van der Waals surface area contributed by atoms with Gasteiger partial charge in [-0.05, 0) is 85.3 Å². The first-order valence-corrected chi connectivity index (χ1v) is 12.6. The zero-order valence-electron chi connectivity index (χ0n) is 21.3. The molecule has 0 saturated heterocycles. The van der Waals surface area contributed by atoms with Gasteiger partial charge in [0.05, 0.1) is 5.56 Å². The number of aliphatic carboxylic acids is 1. The molecule has 1 heterocycles. The largest absolute Gasteiger partial charge is 0.481 e. The Balaban J connectivity index is 1.51. The average Bonchev–Trinajstić information content (AvgIpc) is 3.69.